The van der Waals surface area contributed by atoms with Crippen molar-refractivity contribution in [2.75, 3.05) is 0 Å². The highest BCUT2D eigenvalue weighted by Gasteiger charge is 2.37. The molecule has 0 bridgehead atoms. The molecule has 1 fully saturated rings. The van der Waals surface area contributed by atoms with Crippen molar-refractivity contribution < 1.29 is 4.52 Å². The predicted octanol–water partition coefficient (Wildman–Crippen LogP) is 2.59. The van der Waals surface area contributed by atoms with Crippen LogP contribution in [0.3, 0.4) is 0 Å². The predicted molar refractivity (Wildman–Crippen MR) is 78.2 cm³/mol. The van der Waals surface area contributed by atoms with E-state index < -0.39 is 5.54 Å². The van der Waals surface area contributed by atoms with Crippen LogP contribution in [-0.4, -0.2) is 20.1 Å². The van der Waals surface area contributed by atoms with Gasteiger partial charge < -0.3 is 10.3 Å². The van der Waals surface area contributed by atoms with Crippen LogP contribution in [0, 0.1) is 12.8 Å². The second kappa shape index (κ2) is 5.52. The van der Waals surface area contributed by atoms with Crippen LogP contribution < -0.4 is 5.73 Å². The molecule has 0 radical (unpaired) electrons. The van der Waals surface area contributed by atoms with Crippen molar-refractivity contribution >= 4 is 0 Å². The Hall–Kier alpha value is -1.82. The van der Waals surface area contributed by atoms with Crippen LogP contribution in [0.25, 0.3) is 11.5 Å². The average molecular weight is 287 g/mol. The van der Waals surface area contributed by atoms with E-state index in [0.717, 1.165) is 31.6 Å². The minimum absolute atomic E-state index is 0.484. The molecule has 1 aliphatic rings. The summed E-state index contributed by atoms with van der Waals surface area (Å²) in [7, 11) is 0. The van der Waals surface area contributed by atoms with Crippen LogP contribution in [0.5, 0.6) is 0 Å². The Balaban J connectivity index is 1.82. The highest BCUT2D eigenvalue weighted by atomic mass is 16.5. The monoisotopic (exact) mass is 287 g/mol. The Kier molecular flexibility index (Phi) is 3.71. The van der Waals surface area contributed by atoms with E-state index in [-0.39, 0.29) is 0 Å². The number of hydrogen-bond donors (Lipinski definition) is 1. The molecule has 0 saturated heterocycles. The summed E-state index contributed by atoms with van der Waals surface area (Å²) in [4.78, 5) is 12.9. The van der Waals surface area contributed by atoms with E-state index in [4.69, 9.17) is 10.3 Å². The molecule has 0 amide bonds. The number of nitrogens with two attached hydrogens (primary N) is 1. The smallest absolute Gasteiger partial charge is 0.247 e. The number of hydrogen-bond acceptors (Lipinski definition) is 6. The van der Waals surface area contributed by atoms with Crippen LogP contribution in [0.15, 0.2) is 16.8 Å². The lowest BCUT2D eigenvalue weighted by Gasteiger charge is -2.33. The molecule has 2 heterocycles. The van der Waals surface area contributed by atoms with Gasteiger partial charge >= 0.3 is 0 Å². The Morgan fingerprint density at radius 3 is 2.76 bits per heavy atom. The first-order chi connectivity index (χ1) is 10.1. The highest BCUT2D eigenvalue weighted by molar-refractivity contribution is 5.47. The number of aryl methyl sites for hydroxylation is 1. The Labute approximate surface area is 124 Å². The molecular weight excluding hydrogens is 266 g/mol. The number of aromatic nitrogens is 4. The largest absolute Gasteiger partial charge is 0.337 e. The van der Waals surface area contributed by atoms with Gasteiger partial charge in [0.25, 0.3) is 0 Å². The summed E-state index contributed by atoms with van der Waals surface area (Å²) >= 11 is 0. The molecule has 6 heteroatoms. The van der Waals surface area contributed by atoms with Crippen molar-refractivity contribution in [3.8, 4) is 11.5 Å². The lowest BCUT2D eigenvalue weighted by molar-refractivity contribution is 0.181. The van der Waals surface area contributed by atoms with E-state index in [1.54, 1.807) is 12.3 Å². The molecule has 1 saturated carbocycles. The van der Waals surface area contributed by atoms with E-state index in [9.17, 15) is 0 Å². The topological polar surface area (TPSA) is 90.7 Å². The van der Waals surface area contributed by atoms with Gasteiger partial charge in [-0.15, -0.1) is 0 Å². The van der Waals surface area contributed by atoms with Gasteiger partial charge in [0, 0.05) is 6.20 Å². The average Bonchev–Trinajstić information content (AvgIpc) is 2.99. The minimum atomic E-state index is -0.487. The van der Waals surface area contributed by atoms with Crippen LogP contribution in [0.2, 0.25) is 0 Å². The van der Waals surface area contributed by atoms with Crippen molar-refractivity contribution in [2.45, 2.75) is 51.5 Å². The molecule has 0 spiro atoms. The number of nitrogens with zero attached hydrogens (tertiary/aromatic N) is 4. The van der Waals surface area contributed by atoms with Crippen LogP contribution in [0.4, 0.5) is 0 Å². The van der Waals surface area contributed by atoms with Crippen LogP contribution in [-0.2, 0) is 5.54 Å². The third-order valence-corrected chi connectivity index (χ3v) is 4.43. The Morgan fingerprint density at radius 1 is 1.33 bits per heavy atom. The van der Waals surface area contributed by atoms with Crippen molar-refractivity contribution in [1.29, 1.82) is 0 Å². The number of rotatable bonds is 3. The molecule has 21 heavy (non-hydrogen) atoms. The molecule has 6 nitrogen and oxygen atoms in total. The zero-order valence-electron chi connectivity index (χ0n) is 12.5. The second-order valence-corrected chi connectivity index (χ2v) is 5.92. The maximum atomic E-state index is 6.49. The Morgan fingerprint density at radius 2 is 2.10 bits per heavy atom. The summed E-state index contributed by atoms with van der Waals surface area (Å²) in [5, 5.41) is 4.03. The first-order valence-electron chi connectivity index (χ1n) is 7.54. The van der Waals surface area contributed by atoms with E-state index in [2.05, 4.69) is 27.0 Å². The molecule has 1 aliphatic carbocycles. The fourth-order valence-electron chi connectivity index (χ4n) is 2.93. The SMILES string of the molecule is CCC1CCC(N)(c2nc(-c3ccnc(C)n3)no2)CC1. The second-order valence-electron chi connectivity index (χ2n) is 5.92. The summed E-state index contributed by atoms with van der Waals surface area (Å²) in [5.74, 6) is 2.47. The molecule has 2 aromatic rings. The lowest BCUT2D eigenvalue weighted by Crippen LogP contribution is -2.40. The zero-order valence-corrected chi connectivity index (χ0v) is 12.5. The maximum absolute atomic E-state index is 6.49. The van der Waals surface area contributed by atoms with Crippen LogP contribution >= 0.6 is 0 Å². The third kappa shape index (κ3) is 2.81. The molecule has 0 atom stereocenters. The summed E-state index contributed by atoms with van der Waals surface area (Å²) in [6.07, 6.45) is 6.95. The molecule has 2 N–H and O–H groups in total. The van der Waals surface area contributed by atoms with E-state index in [1.807, 2.05) is 6.92 Å². The normalized spacial score (nSPS) is 26.0. The van der Waals surface area contributed by atoms with Crippen molar-refractivity contribution in [3.05, 3.63) is 24.0 Å². The van der Waals surface area contributed by atoms with Gasteiger partial charge in [0.15, 0.2) is 0 Å². The lowest BCUT2D eigenvalue weighted by atomic mass is 9.76. The van der Waals surface area contributed by atoms with Gasteiger partial charge in [0.05, 0.1) is 5.54 Å². The van der Waals surface area contributed by atoms with Crippen molar-refractivity contribution in [1.82, 2.24) is 20.1 Å². The molecule has 0 aliphatic heterocycles. The van der Waals surface area contributed by atoms with Gasteiger partial charge in [-0.05, 0) is 44.6 Å². The van der Waals surface area contributed by atoms with E-state index >= 15 is 0 Å². The van der Waals surface area contributed by atoms with Crippen LogP contribution in [0.1, 0.15) is 50.7 Å². The third-order valence-electron chi connectivity index (χ3n) is 4.43. The fraction of sp³-hybridized carbons (Fsp3) is 0.600. The molecule has 0 aromatic carbocycles. The molecule has 2 aromatic heterocycles. The van der Waals surface area contributed by atoms with Gasteiger partial charge in [-0.3, -0.25) is 0 Å². The van der Waals surface area contributed by atoms with Crippen molar-refractivity contribution in [2.24, 2.45) is 11.7 Å². The summed E-state index contributed by atoms with van der Waals surface area (Å²) < 4.78 is 5.42. The van der Waals surface area contributed by atoms with Crippen molar-refractivity contribution in [3.63, 3.8) is 0 Å². The first kappa shape index (κ1) is 14.1. The molecular formula is C15H21N5O. The fourth-order valence-corrected chi connectivity index (χ4v) is 2.93. The van der Waals surface area contributed by atoms with Gasteiger partial charge in [-0.2, -0.15) is 4.98 Å². The first-order valence-corrected chi connectivity index (χ1v) is 7.54. The quantitative estimate of drug-likeness (QED) is 0.933. The molecule has 112 valence electrons. The molecule has 3 rings (SSSR count). The van der Waals surface area contributed by atoms with Gasteiger partial charge in [0.1, 0.15) is 11.5 Å². The zero-order chi connectivity index (χ0) is 14.9. The van der Waals surface area contributed by atoms with Gasteiger partial charge in [-0.25, -0.2) is 9.97 Å². The summed E-state index contributed by atoms with van der Waals surface area (Å²) in [6.45, 7) is 4.07. The summed E-state index contributed by atoms with van der Waals surface area (Å²) in [5.41, 5.74) is 6.67. The Bertz CT molecular complexity index is 616. The van der Waals surface area contributed by atoms with Gasteiger partial charge in [-0.1, -0.05) is 18.5 Å². The van der Waals surface area contributed by atoms with E-state index in [1.165, 1.54) is 6.42 Å². The summed E-state index contributed by atoms with van der Waals surface area (Å²) in [6, 6.07) is 1.78. The van der Waals surface area contributed by atoms with E-state index in [0.29, 0.717) is 23.2 Å². The highest BCUT2D eigenvalue weighted by Crippen LogP contribution is 2.38. The maximum Gasteiger partial charge on any atom is 0.247 e. The minimum Gasteiger partial charge on any atom is -0.337 e. The molecule has 0 unspecified atom stereocenters. The van der Waals surface area contributed by atoms with Gasteiger partial charge in [0.2, 0.25) is 11.7 Å². The standard InChI is InChI=1S/C15H21N5O/c1-3-11-4-7-15(16,8-5-11)14-19-13(20-21-14)12-6-9-17-10(2)18-12/h6,9,11H,3-5,7-8,16H2,1-2H3.